The van der Waals surface area contributed by atoms with E-state index in [9.17, 15) is 0 Å². The van der Waals surface area contributed by atoms with Crippen molar-refractivity contribution >= 4 is 15.9 Å². The Bertz CT molecular complexity index is 540. The van der Waals surface area contributed by atoms with Crippen molar-refractivity contribution in [1.29, 1.82) is 0 Å². The lowest BCUT2D eigenvalue weighted by molar-refractivity contribution is 0.199. The Morgan fingerprint density at radius 2 is 2.26 bits per heavy atom. The van der Waals surface area contributed by atoms with Crippen LogP contribution in [0.15, 0.2) is 33.4 Å². The van der Waals surface area contributed by atoms with E-state index in [0.717, 1.165) is 27.8 Å². The summed E-state index contributed by atoms with van der Waals surface area (Å²) in [5.41, 5.74) is 3.03. The lowest BCUT2D eigenvalue weighted by Gasteiger charge is -2.02. The van der Waals surface area contributed by atoms with Crippen LogP contribution >= 0.6 is 15.9 Å². The summed E-state index contributed by atoms with van der Waals surface area (Å²) in [5, 5.41) is 3.23. The molecule has 1 aromatic heterocycles. The summed E-state index contributed by atoms with van der Waals surface area (Å²) in [5.74, 6) is 0.638. The van der Waals surface area contributed by atoms with E-state index in [1.807, 2.05) is 25.1 Å². The van der Waals surface area contributed by atoms with Crippen LogP contribution in [-0.2, 0) is 11.3 Å². The number of aryl methyl sites for hydroxylation is 1. The summed E-state index contributed by atoms with van der Waals surface area (Å²) >= 11 is 3.57. The second-order valence-corrected chi connectivity index (χ2v) is 5.04. The summed E-state index contributed by atoms with van der Waals surface area (Å²) in [6.07, 6.45) is 1.68. The Morgan fingerprint density at radius 1 is 1.42 bits per heavy atom. The van der Waals surface area contributed by atoms with Gasteiger partial charge in [0, 0.05) is 24.7 Å². The Hall–Kier alpha value is -1.17. The van der Waals surface area contributed by atoms with E-state index in [2.05, 4.69) is 26.2 Å². The van der Waals surface area contributed by atoms with E-state index in [1.54, 1.807) is 13.4 Å². The molecule has 0 saturated heterocycles. The quantitative estimate of drug-likeness (QED) is 0.829. The number of aromatic nitrogens is 1. The molecule has 0 bridgehead atoms. The van der Waals surface area contributed by atoms with Gasteiger partial charge in [0.1, 0.15) is 6.26 Å². The number of ether oxygens (including phenoxy) is 1. The van der Waals surface area contributed by atoms with Crippen molar-refractivity contribution in [3.63, 3.8) is 0 Å². The lowest BCUT2D eigenvalue weighted by atomic mass is 10.1. The van der Waals surface area contributed by atoms with Gasteiger partial charge in [0.05, 0.1) is 17.9 Å². The van der Waals surface area contributed by atoms with Crippen LogP contribution in [0.5, 0.6) is 0 Å². The second kappa shape index (κ2) is 6.84. The highest BCUT2D eigenvalue weighted by molar-refractivity contribution is 9.10. The van der Waals surface area contributed by atoms with E-state index in [0.29, 0.717) is 19.0 Å². The van der Waals surface area contributed by atoms with Crippen LogP contribution < -0.4 is 5.32 Å². The monoisotopic (exact) mass is 324 g/mol. The van der Waals surface area contributed by atoms with Crippen LogP contribution in [0.25, 0.3) is 11.5 Å². The van der Waals surface area contributed by atoms with Gasteiger partial charge in [-0.25, -0.2) is 4.98 Å². The van der Waals surface area contributed by atoms with E-state index in [4.69, 9.17) is 9.15 Å². The molecule has 0 amide bonds. The normalized spacial score (nSPS) is 10.9. The fourth-order valence-corrected chi connectivity index (χ4v) is 2.15. The highest BCUT2D eigenvalue weighted by Gasteiger charge is 2.11. The Labute approximate surface area is 121 Å². The summed E-state index contributed by atoms with van der Waals surface area (Å²) in [7, 11) is 1.69. The van der Waals surface area contributed by atoms with Crippen LogP contribution in [0.4, 0.5) is 0 Å². The number of nitrogens with one attached hydrogen (secondary N) is 1. The molecule has 1 aromatic carbocycles. The van der Waals surface area contributed by atoms with Gasteiger partial charge < -0.3 is 14.5 Å². The van der Waals surface area contributed by atoms with Gasteiger partial charge in [-0.15, -0.1) is 0 Å². The molecule has 1 heterocycles. The van der Waals surface area contributed by atoms with Gasteiger partial charge in [-0.1, -0.05) is 12.1 Å². The first-order valence-electron chi connectivity index (χ1n) is 6.12. The average molecular weight is 325 g/mol. The number of hydrogen-bond acceptors (Lipinski definition) is 4. The maximum absolute atomic E-state index is 5.53. The third-order valence-electron chi connectivity index (χ3n) is 2.76. The van der Waals surface area contributed by atoms with E-state index < -0.39 is 0 Å². The van der Waals surface area contributed by atoms with Gasteiger partial charge in [-0.3, -0.25) is 0 Å². The summed E-state index contributed by atoms with van der Waals surface area (Å²) in [6.45, 7) is 4.21. The molecule has 0 aliphatic rings. The van der Waals surface area contributed by atoms with Gasteiger partial charge in [-0.05, 0) is 34.5 Å². The molecule has 0 spiro atoms. The lowest BCUT2D eigenvalue weighted by Crippen LogP contribution is -2.18. The van der Waals surface area contributed by atoms with Gasteiger partial charge in [0.2, 0.25) is 5.89 Å². The van der Waals surface area contributed by atoms with Gasteiger partial charge in [-0.2, -0.15) is 0 Å². The highest BCUT2D eigenvalue weighted by atomic mass is 79.9. The van der Waals surface area contributed by atoms with Crippen LogP contribution in [0, 0.1) is 6.92 Å². The van der Waals surface area contributed by atoms with Crippen LogP contribution in [-0.4, -0.2) is 25.2 Å². The molecule has 102 valence electrons. The molecule has 1 N–H and O–H groups in total. The standard InChI is InChI=1S/C14H17BrN2O2/c1-10-4-3-5-12(13(10)15)14-17-11(9-19-14)8-16-6-7-18-2/h3-5,9,16H,6-8H2,1-2H3. The third-order valence-corrected chi connectivity index (χ3v) is 3.82. The fourth-order valence-electron chi connectivity index (χ4n) is 1.72. The van der Waals surface area contributed by atoms with E-state index >= 15 is 0 Å². The molecular weight excluding hydrogens is 308 g/mol. The number of rotatable bonds is 6. The third kappa shape index (κ3) is 3.65. The zero-order valence-corrected chi connectivity index (χ0v) is 12.7. The van der Waals surface area contributed by atoms with Crippen LogP contribution in [0.2, 0.25) is 0 Å². The van der Waals surface area contributed by atoms with E-state index in [-0.39, 0.29) is 0 Å². The SMILES string of the molecule is COCCNCc1coc(-c2cccc(C)c2Br)n1. The molecular formula is C14H17BrN2O2. The van der Waals surface area contributed by atoms with Crippen molar-refractivity contribution < 1.29 is 9.15 Å². The Balaban J connectivity index is 2.06. The van der Waals surface area contributed by atoms with Crippen molar-refractivity contribution in [3.8, 4) is 11.5 Å². The Morgan fingerprint density at radius 3 is 3.05 bits per heavy atom. The molecule has 0 saturated carbocycles. The minimum Gasteiger partial charge on any atom is -0.444 e. The number of methoxy groups -OCH3 is 1. The minimum absolute atomic E-state index is 0.638. The predicted octanol–water partition coefficient (Wildman–Crippen LogP) is 3.15. The molecule has 0 unspecified atom stereocenters. The average Bonchev–Trinajstić information content (AvgIpc) is 2.87. The Kier molecular flexibility index (Phi) is 5.13. The minimum atomic E-state index is 0.638. The summed E-state index contributed by atoms with van der Waals surface area (Å²) in [6, 6.07) is 6.03. The zero-order valence-electron chi connectivity index (χ0n) is 11.1. The van der Waals surface area contributed by atoms with Gasteiger partial charge in [0.15, 0.2) is 0 Å². The summed E-state index contributed by atoms with van der Waals surface area (Å²) < 4.78 is 11.5. The molecule has 0 aliphatic carbocycles. The summed E-state index contributed by atoms with van der Waals surface area (Å²) in [4.78, 5) is 4.48. The van der Waals surface area contributed by atoms with Crippen molar-refractivity contribution in [2.24, 2.45) is 0 Å². The molecule has 2 aromatic rings. The zero-order chi connectivity index (χ0) is 13.7. The molecule has 4 nitrogen and oxygen atoms in total. The van der Waals surface area contributed by atoms with Crippen molar-refractivity contribution in [3.05, 3.63) is 40.2 Å². The van der Waals surface area contributed by atoms with Gasteiger partial charge >= 0.3 is 0 Å². The van der Waals surface area contributed by atoms with Gasteiger partial charge in [0.25, 0.3) is 0 Å². The molecule has 0 atom stereocenters. The molecule has 0 aliphatic heterocycles. The van der Waals surface area contributed by atoms with Crippen molar-refractivity contribution in [1.82, 2.24) is 10.3 Å². The maximum Gasteiger partial charge on any atom is 0.227 e. The molecule has 19 heavy (non-hydrogen) atoms. The fraction of sp³-hybridized carbons (Fsp3) is 0.357. The number of hydrogen-bond donors (Lipinski definition) is 1. The van der Waals surface area contributed by atoms with Crippen LogP contribution in [0.3, 0.4) is 0 Å². The second-order valence-electron chi connectivity index (χ2n) is 4.25. The molecule has 0 fully saturated rings. The van der Waals surface area contributed by atoms with E-state index in [1.165, 1.54) is 0 Å². The van der Waals surface area contributed by atoms with Crippen molar-refractivity contribution in [2.45, 2.75) is 13.5 Å². The molecule has 5 heteroatoms. The largest absolute Gasteiger partial charge is 0.444 e. The predicted molar refractivity (Wildman–Crippen MR) is 78.0 cm³/mol. The number of benzene rings is 1. The topological polar surface area (TPSA) is 47.3 Å². The molecule has 2 rings (SSSR count). The van der Waals surface area contributed by atoms with Crippen LogP contribution in [0.1, 0.15) is 11.3 Å². The number of halogens is 1. The molecule has 0 radical (unpaired) electrons. The first kappa shape index (κ1) is 14.2. The number of nitrogens with zero attached hydrogens (tertiary/aromatic N) is 1. The smallest absolute Gasteiger partial charge is 0.227 e. The number of oxazole rings is 1. The highest BCUT2D eigenvalue weighted by Crippen LogP contribution is 2.30. The first-order valence-corrected chi connectivity index (χ1v) is 6.91. The first-order chi connectivity index (χ1) is 9.22. The van der Waals surface area contributed by atoms with Crippen molar-refractivity contribution in [2.75, 3.05) is 20.3 Å². The maximum atomic E-state index is 5.53.